The van der Waals surface area contributed by atoms with Crippen LogP contribution in [0.3, 0.4) is 0 Å². The molecule has 1 saturated carbocycles. The van der Waals surface area contributed by atoms with Crippen molar-refractivity contribution < 1.29 is 9.59 Å². The Morgan fingerprint density at radius 1 is 1.11 bits per heavy atom. The molecular formula is C15H16N2O2. The monoisotopic (exact) mass is 256 g/mol. The zero-order chi connectivity index (χ0) is 13.6. The van der Waals surface area contributed by atoms with Gasteiger partial charge in [-0.15, -0.1) is 0 Å². The van der Waals surface area contributed by atoms with Crippen molar-refractivity contribution in [3.63, 3.8) is 0 Å². The average Bonchev–Trinajstić information content (AvgIpc) is 2.43. The van der Waals surface area contributed by atoms with E-state index in [0.29, 0.717) is 6.42 Å². The minimum Gasteiger partial charge on any atom is -0.211 e. The van der Waals surface area contributed by atoms with Crippen LogP contribution in [-0.2, 0) is 16.0 Å². The largest absolute Gasteiger partial charge is 0.237 e. The van der Waals surface area contributed by atoms with Crippen LogP contribution >= 0.6 is 0 Å². The zero-order valence-electron chi connectivity index (χ0n) is 10.7. The van der Waals surface area contributed by atoms with Gasteiger partial charge in [0.1, 0.15) is 0 Å². The lowest BCUT2D eigenvalue weighted by Gasteiger charge is -2.35. The van der Waals surface area contributed by atoms with Crippen molar-refractivity contribution in [3.8, 4) is 0 Å². The van der Waals surface area contributed by atoms with Gasteiger partial charge in [-0.2, -0.15) is 9.98 Å². The fraction of sp³-hybridized carbons (Fsp3) is 0.467. The molecule has 0 bridgehead atoms. The van der Waals surface area contributed by atoms with Gasteiger partial charge in [0.25, 0.3) is 0 Å². The van der Waals surface area contributed by atoms with E-state index in [-0.39, 0.29) is 5.92 Å². The zero-order valence-corrected chi connectivity index (χ0v) is 10.7. The van der Waals surface area contributed by atoms with Gasteiger partial charge in [0.2, 0.25) is 12.2 Å². The first-order chi connectivity index (χ1) is 9.30. The van der Waals surface area contributed by atoms with Crippen molar-refractivity contribution in [2.45, 2.75) is 37.8 Å². The predicted octanol–water partition coefficient (Wildman–Crippen LogP) is 2.79. The Balaban J connectivity index is 2.28. The van der Waals surface area contributed by atoms with Crippen LogP contribution in [-0.4, -0.2) is 17.8 Å². The molecule has 98 valence electrons. The lowest BCUT2D eigenvalue weighted by molar-refractivity contribution is 0.198. The maximum atomic E-state index is 10.7. The van der Waals surface area contributed by atoms with E-state index in [2.05, 4.69) is 9.98 Å². The summed E-state index contributed by atoms with van der Waals surface area (Å²) in [7, 11) is 0. The van der Waals surface area contributed by atoms with E-state index < -0.39 is 5.66 Å². The fourth-order valence-electron chi connectivity index (χ4n) is 2.85. The van der Waals surface area contributed by atoms with Crippen LogP contribution in [0.15, 0.2) is 40.3 Å². The van der Waals surface area contributed by atoms with Crippen molar-refractivity contribution in [1.82, 2.24) is 0 Å². The molecule has 4 heteroatoms. The standard InChI is InChI=1S/C15H16N2O2/c18-11-16-15(17-12-19)9-5-4-8-14(15)10-13-6-2-1-3-7-13/h1-3,6-7,14H,4-5,8-10H2. The first-order valence-corrected chi connectivity index (χ1v) is 6.53. The van der Waals surface area contributed by atoms with Gasteiger partial charge in [-0.25, -0.2) is 9.59 Å². The molecule has 1 aliphatic rings. The molecule has 0 aromatic heterocycles. The van der Waals surface area contributed by atoms with Gasteiger partial charge in [-0.3, -0.25) is 0 Å². The average molecular weight is 256 g/mol. The molecule has 0 aliphatic heterocycles. The number of hydrogen-bond acceptors (Lipinski definition) is 4. The molecule has 0 amide bonds. The van der Waals surface area contributed by atoms with Crippen molar-refractivity contribution in [2.75, 3.05) is 0 Å². The minimum absolute atomic E-state index is 0.0616. The lowest BCUT2D eigenvalue weighted by Crippen LogP contribution is -2.38. The van der Waals surface area contributed by atoms with Gasteiger partial charge in [-0.05, 0) is 31.2 Å². The Bertz CT molecular complexity index is 496. The molecule has 4 nitrogen and oxygen atoms in total. The van der Waals surface area contributed by atoms with Crippen LogP contribution in [0, 0.1) is 5.92 Å². The molecule has 0 heterocycles. The van der Waals surface area contributed by atoms with Crippen molar-refractivity contribution in [3.05, 3.63) is 35.9 Å². The van der Waals surface area contributed by atoms with Gasteiger partial charge in [0, 0.05) is 5.92 Å². The molecule has 1 fully saturated rings. The summed E-state index contributed by atoms with van der Waals surface area (Å²) >= 11 is 0. The number of rotatable bonds is 4. The Labute approximate surface area is 112 Å². The Hall–Kier alpha value is -2.02. The number of nitrogens with zero attached hydrogens (tertiary/aromatic N) is 2. The van der Waals surface area contributed by atoms with Gasteiger partial charge < -0.3 is 0 Å². The first-order valence-electron chi connectivity index (χ1n) is 6.53. The fourth-order valence-corrected chi connectivity index (χ4v) is 2.85. The maximum absolute atomic E-state index is 10.7. The van der Waals surface area contributed by atoms with E-state index in [1.807, 2.05) is 30.3 Å². The summed E-state index contributed by atoms with van der Waals surface area (Å²) in [5, 5.41) is 0. The molecule has 1 atom stereocenters. The predicted molar refractivity (Wildman–Crippen MR) is 71.1 cm³/mol. The van der Waals surface area contributed by atoms with E-state index in [9.17, 15) is 9.59 Å². The molecule has 2 rings (SSSR count). The molecule has 0 N–H and O–H groups in total. The van der Waals surface area contributed by atoms with Crippen LogP contribution in [0.2, 0.25) is 0 Å². The third-order valence-corrected chi connectivity index (χ3v) is 3.80. The molecule has 19 heavy (non-hydrogen) atoms. The molecular weight excluding hydrogens is 240 g/mol. The van der Waals surface area contributed by atoms with E-state index in [4.69, 9.17) is 0 Å². The highest BCUT2D eigenvalue weighted by Crippen LogP contribution is 2.39. The molecule has 1 unspecified atom stereocenters. The summed E-state index contributed by atoms with van der Waals surface area (Å²) < 4.78 is 0. The van der Waals surface area contributed by atoms with Crippen LogP contribution in [0.4, 0.5) is 0 Å². The van der Waals surface area contributed by atoms with Crippen LogP contribution in [0.25, 0.3) is 0 Å². The van der Waals surface area contributed by atoms with Crippen LogP contribution in [0.5, 0.6) is 0 Å². The molecule has 1 aliphatic carbocycles. The minimum atomic E-state index is -0.947. The molecule has 0 radical (unpaired) electrons. The second-order valence-electron chi connectivity index (χ2n) is 4.92. The normalized spacial score (nSPS) is 26.0. The van der Waals surface area contributed by atoms with E-state index >= 15 is 0 Å². The Morgan fingerprint density at radius 3 is 2.42 bits per heavy atom. The molecule has 1 aromatic rings. The summed E-state index contributed by atoms with van der Waals surface area (Å²) in [5.74, 6) is 0.0616. The van der Waals surface area contributed by atoms with Crippen LogP contribution in [0.1, 0.15) is 31.2 Å². The van der Waals surface area contributed by atoms with Gasteiger partial charge in [0.15, 0.2) is 5.66 Å². The highest BCUT2D eigenvalue weighted by Gasteiger charge is 2.41. The Kier molecular flexibility index (Phi) is 4.40. The summed E-state index contributed by atoms with van der Waals surface area (Å²) in [5.41, 5.74) is 0.221. The molecule has 1 aromatic carbocycles. The summed E-state index contributed by atoms with van der Waals surface area (Å²) in [6, 6.07) is 9.99. The van der Waals surface area contributed by atoms with Gasteiger partial charge in [-0.1, -0.05) is 36.8 Å². The molecule has 0 spiro atoms. The van der Waals surface area contributed by atoms with Gasteiger partial charge in [0.05, 0.1) is 0 Å². The van der Waals surface area contributed by atoms with E-state index in [1.165, 1.54) is 5.56 Å². The lowest BCUT2D eigenvalue weighted by atomic mass is 9.76. The first kappa shape index (κ1) is 13.4. The second-order valence-corrected chi connectivity index (χ2v) is 4.92. The van der Waals surface area contributed by atoms with E-state index in [1.54, 1.807) is 12.2 Å². The number of isocyanates is 2. The number of carbonyl (C=O) groups excluding carboxylic acids is 2. The highest BCUT2D eigenvalue weighted by atomic mass is 16.1. The topological polar surface area (TPSA) is 58.9 Å². The molecule has 0 saturated heterocycles. The third-order valence-electron chi connectivity index (χ3n) is 3.80. The van der Waals surface area contributed by atoms with Crippen molar-refractivity contribution in [1.29, 1.82) is 0 Å². The number of aliphatic imine (C=N–C) groups is 2. The van der Waals surface area contributed by atoms with Crippen LogP contribution < -0.4 is 0 Å². The summed E-state index contributed by atoms with van der Waals surface area (Å²) in [6.07, 6.45) is 7.44. The van der Waals surface area contributed by atoms with E-state index in [0.717, 1.165) is 25.7 Å². The summed E-state index contributed by atoms with van der Waals surface area (Å²) in [6.45, 7) is 0. The maximum Gasteiger partial charge on any atom is 0.237 e. The van der Waals surface area contributed by atoms with Crippen molar-refractivity contribution >= 4 is 12.2 Å². The summed E-state index contributed by atoms with van der Waals surface area (Å²) in [4.78, 5) is 29.0. The quantitative estimate of drug-likeness (QED) is 0.614. The second kappa shape index (κ2) is 6.24. The van der Waals surface area contributed by atoms with Crippen molar-refractivity contribution in [2.24, 2.45) is 15.9 Å². The third kappa shape index (κ3) is 3.05. The highest BCUT2D eigenvalue weighted by molar-refractivity contribution is 5.40. The van der Waals surface area contributed by atoms with Gasteiger partial charge >= 0.3 is 0 Å². The number of hydrogen-bond donors (Lipinski definition) is 0. The Morgan fingerprint density at radius 2 is 1.79 bits per heavy atom. The smallest absolute Gasteiger partial charge is 0.211 e. The number of benzene rings is 1. The SMILES string of the molecule is O=C=NC1(N=C=O)CCCCC1Cc1ccccc1.